The topological polar surface area (TPSA) is 71.2 Å². The Bertz CT molecular complexity index is 466. The molecular formula is C14H24N4OS. The Balaban J connectivity index is 2.05. The molecule has 1 aromatic heterocycles. The minimum Gasteiger partial charge on any atom is -0.382 e. The number of nitrogen functional groups attached to an aromatic ring is 1. The monoisotopic (exact) mass is 296 g/mol. The van der Waals surface area contributed by atoms with Gasteiger partial charge in [0.1, 0.15) is 10.7 Å². The molecule has 0 saturated heterocycles. The molecule has 1 heterocycles. The van der Waals surface area contributed by atoms with E-state index in [0.717, 1.165) is 24.5 Å². The van der Waals surface area contributed by atoms with Crippen LogP contribution in [0.2, 0.25) is 0 Å². The van der Waals surface area contributed by atoms with Crippen molar-refractivity contribution in [3.8, 4) is 0 Å². The smallest absolute Gasteiger partial charge is 0.267 e. The van der Waals surface area contributed by atoms with E-state index in [1.165, 1.54) is 24.2 Å². The van der Waals surface area contributed by atoms with Gasteiger partial charge in [0, 0.05) is 19.6 Å². The normalized spacial score (nSPS) is 15.8. The maximum atomic E-state index is 12.5. The molecule has 1 fully saturated rings. The molecule has 1 aliphatic rings. The second kappa shape index (κ2) is 6.43. The van der Waals surface area contributed by atoms with Gasteiger partial charge in [-0.05, 0) is 18.8 Å². The molecule has 0 spiro atoms. The highest BCUT2D eigenvalue weighted by Crippen LogP contribution is 2.29. The minimum atomic E-state index is 0.00416. The van der Waals surface area contributed by atoms with E-state index < -0.39 is 0 Å². The Hall–Kier alpha value is -1.30. The summed E-state index contributed by atoms with van der Waals surface area (Å²) >= 11 is 1.36. The lowest BCUT2D eigenvalue weighted by atomic mass is 10.2. The number of nitrogens with one attached hydrogen (secondary N) is 1. The zero-order valence-corrected chi connectivity index (χ0v) is 13.3. The van der Waals surface area contributed by atoms with Crippen LogP contribution in [0, 0.1) is 5.92 Å². The van der Waals surface area contributed by atoms with Gasteiger partial charge in [0.25, 0.3) is 5.91 Å². The molecule has 1 amide bonds. The average molecular weight is 296 g/mol. The minimum absolute atomic E-state index is 0.00416. The third-order valence-electron chi connectivity index (χ3n) is 3.70. The van der Waals surface area contributed by atoms with Crippen LogP contribution in [-0.2, 0) is 0 Å². The highest BCUT2D eigenvalue weighted by Gasteiger charge is 2.27. The SMILES string of the molecule is CC(C)CNc1nc(N)c(C(=O)N(C)C2CCCC2)s1. The third-order valence-corrected chi connectivity index (χ3v) is 4.72. The fourth-order valence-corrected chi connectivity index (χ4v) is 3.34. The predicted octanol–water partition coefficient (Wildman–Crippen LogP) is 2.81. The van der Waals surface area contributed by atoms with Crippen LogP contribution in [0.15, 0.2) is 0 Å². The molecule has 1 aliphatic carbocycles. The number of nitrogens with two attached hydrogens (primary N) is 1. The Labute approximate surface area is 124 Å². The van der Waals surface area contributed by atoms with Gasteiger partial charge in [-0.15, -0.1) is 0 Å². The van der Waals surface area contributed by atoms with E-state index in [1.807, 2.05) is 11.9 Å². The van der Waals surface area contributed by atoms with Crippen molar-refractivity contribution in [3.05, 3.63) is 4.88 Å². The first-order valence-corrected chi connectivity index (χ1v) is 8.08. The highest BCUT2D eigenvalue weighted by atomic mass is 32.1. The van der Waals surface area contributed by atoms with E-state index in [4.69, 9.17) is 5.73 Å². The van der Waals surface area contributed by atoms with E-state index >= 15 is 0 Å². The number of anilines is 2. The van der Waals surface area contributed by atoms with Gasteiger partial charge in [-0.3, -0.25) is 4.79 Å². The standard InChI is InChI=1S/C14H24N4OS/c1-9(2)8-16-14-17-12(15)11(20-14)13(19)18(3)10-6-4-5-7-10/h9-10H,4-8,15H2,1-3H3,(H,16,17). The number of hydrogen-bond acceptors (Lipinski definition) is 5. The van der Waals surface area contributed by atoms with E-state index in [1.54, 1.807) is 0 Å². The summed E-state index contributed by atoms with van der Waals surface area (Å²) in [7, 11) is 1.87. The largest absolute Gasteiger partial charge is 0.382 e. The lowest BCUT2D eigenvalue weighted by Gasteiger charge is -2.23. The fraction of sp³-hybridized carbons (Fsp3) is 0.714. The van der Waals surface area contributed by atoms with Crippen molar-refractivity contribution in [1.82, 2.24) is 9.88 Å². The summed E-state index contributed by atoms with van der Waals surface area (Å²) in [6.07, 6.45) is 4.61. The van der Waals surface area contributed by atoms with E-state index in [-0.39, 0.29) is 5.91 Å². The van der Waals surface area contributed by atoms with Crippen LogP contribution < -0.4 is 11.1 Å². The molecule has 0 unspecified atom stereocenters. The molecule has 0 aliphatic heterocycles. The lowest BCUT2D eigenvalue weighted by Crippen LogP contribution is -2.35. The molecule has 0 bridgehead atoms. The molecule has 0 atom stereocenters. The van der Waals surface area contributed by atoms with E-state index in [9.17, 15) is 4.79 Å². The molecular weight excluding hydrogens is 272 g/mol. The highest BCUT2D eigenvalue weighted by molar-refractivity contribution is 7.18. The number of aromatic nitrogens is 1. The molecule has 5 nitrogen and oxygen atoms in total. The molecule has 0 aromatic carbocycles. The van der Waals surface area contributed by atoms with Gasteiger partial charge >= 0.3 is 0 Å². The van der Waals surface area contributed by atoms with Gasteiger partial charge in [-0.1, -0.05) is 38.0 Å². The second-order valence-electron chi connectivity index (χ2n) is 5.86. The zero-order chi connectivity index (χ0) is 14.7. The third kappa shape index (κ3) is 3.42. The van der Waals surface area contributed by atoms with Crippen LogP contribution in [0.25, 0.3) is 0 Å². The number of rotatable bonds is 5. The maximum absolute atomic E-state index is 12.5. The summed E-state index contributed by atoms with van der Waals surface area (Å²) in [6, 6.07) is 0.357. The van der Waals surface area contributed by atoms with E-state index in [0.29, 0.717) is 22.7 Å². The van der Waals surface area contributed by atoms with Gasteiger partial charge in [0.05, 0.1) is 0 Å². The van der Waals surface area contributed by atoms with Crippen LogP contribution in [0.3, 0.4) is 0 Å². The number of carbonyl (C=O) groups excluding carboxylic acids is 1. The van der Waals surface area contributed by atoms with Crippen LogP contribution in [0.5, 0.6) is 0 Å². The number of nitrogens with zero attached hydrogens (tertiary/aromatic N) is 2. The first-order chi connectivity index (χ1) is 9.49. The van der Waals surface area contributed by atoms with Crippen molar-refractivity contribution in [2.75, 3.05) is 24.6 Å². The molecule has 6 heteroatoms. The molecule has 3 N–H and O–H groups in total. The Morgan fingerprint density at radius 2 is 2.15 bits per heavy atom. The van der Waals surface area contributed by atoms with Crippen LogP contribution in [-0.4, -0.2) is 35.4 Å². The van der Waals surface area contributed by atoms with Crippen molar-refractivity contribution in [1.29, 1.82) is 0 Å². The maximum Gasteiger partial charge on any atom is 0.267 e. The quantitative estimate of drug-likeness (QED) is 0.876. The lowest BCUT2D eigenvalue weighted by molar-refractivity contribution is 0.0741. The summed E-state index contributed by atoms with van der Waals surface area (Å²) in [4.78, 5) is 19.1. The van der Waals surface area contributed by atoms with Crippen molar-refractivity contribution < 1.29 is 4.79 Å². The summed E-state index contributed by atoms with van der Waals surface area (Å²) in [5.41, 5.74) is 5.90. The Morgan fingerprint density at radius 3 is 2.75 bits per heavy atom. The van der Waals surface area contributed by atoms with Crippen molar-refractivity contribution in [2.45, 2.75) is 45.6 Å². The number of amides is 1. The number of carbonyl (C=O) groups is 1. The first kappa shape index (κ1) is 15.1. The van der Waals surface area contributed by atoms with Crippen LogP contribution in [0.1, 0.15) is 49.2 Å². The summed E-state index contributed by atoms with van der Waals surface area (Å²) < 4.78 is 0. The molecule has 2 rings (SSSR count). The van der Waals surface area contributed by atoms with Gasteiger partial charge < -0.3 is 16.0 Å². The fourth-order valence-electron chi connectivity index (χ4n) is 2.47. The Kier molecular flexibility index (Phi) is 4.86. The molecule has 1 aromatic rings. The Morgan fingerprint density at radius 1 is 1.50 bits per heavy atom. The van der Waals surface area contributed by atoms with Crippen LogP contribution >= 0.6 is 11.3 Å². The molecule has 20 heavy (non-hydrogen) atoms. The van der Waals surface area contributed by atoms with Crippen molar-refractivity contribution in [2.24, 2.45) is 5.92 Å². The van der Waals surface area contributed by atoms with Crippen LogP contribution in [0.4, 0.5) is 10.9 Å². The van der Waals surface area contributed by atoms with Gasteiger partial charge in [0.15, 0.2) is 5.13 Å². The van der Waals surface area contributed by atoms with Gasteiger partial charge in [-0.2, -0.15) is 0 Å². The summed E-state index contributed by atoms with van der Waals surface area (Å²) in [5, 5.41) is 3.96. The van der Waals surface area contributed by atoms with Crippen molar-refractivity contribution >= 4 is 28.2 Å². The first-order valence-electron chi connectivity index (χ1n) is 7.26. The summed E-state index contributed by atoms with van der Waals surface area (Å²) in [6.45, 7) is 5.09. The number of hydrogen-bond donors (Lipinski definition) is 2. The van der Waals surface area contributed by atoms with Gasteiger partial charge in [0.2, 0.25) is 0 Å². The number of thiazole rings is 1. The predicted molar refractivity (Wildman–Crippen MR) is 84.2 cm³/mol. The molecule has 112 valence electrons. The van der Waals surface area contributed by atoms with Gasteiger partial charge in [-0.25, -0.2) is 4.98 Å². The zero-order valence-electron chi connectivity index (χ0n) is 12.5. The van der Waals surface area contributed by atoms with E-state index in [2.05, 4.69) is 24.1 Å². The summed E-state index contributed by atoms with van der Waals surface area (Å²) in [5.74, 6) is 0.876. The second-order valence-corrected chi connectivity index (χ2v) is 6.86. The average Bonchev–Trinajstić information content (AvgIpc) is 3.04. The molecule has 0 radical (unpaired) electrons. The molecule has 1 saturated carbocycles. The van der Waals surface area contributed by atoms with Crippen molar-refractivity contribution in [3.63, 3.8) is 0 Å².